The molecular weight excluding hydrogens is 395 g/mol. The monoisotopic (exact) mass is 406 g/mol. The fraction of sp³-hybridized carbons (Fsp3) is 1.00. The molecule has 0 saturated carbocycles. The molecule has 2 unspecified atom stereocenters. The van der Waals surface area contributed by atoms with E-state index < -0.39 is 0 Å². The molecule has 0 amide bonds. The van der Waals surface area contributed by atoms with E-state index in [-0.39, 0.29) is 110 Å². The first kappa shape index (κ1) is 18.5. The summed E-state index contributed by atoms with van der Waals surface area (Å²) in [7, 11) is 0. The Hall–Kier alpha value is 3.15. The van der Waals surface area contributed by atoms with Crippen molar-refractivity contribution in [3.63, 3.8) is 0 Å². The van der Waals surface area contributed by atoms with Crippen LogP contribution in [0.4, 0.5) is 0 Å². The minimum Gasteiger partial charge on any atom is -0.693 e. The standard InChI is InChI=1S/C6H11N4.3Y/c7-5-6-9-2-4-10(6)3-1-8-5;;;/h5-7H,1-4H2;;;/q-3;;;. The summed E-state index contributed by atoms with van der Waals surface area (Å²) < 4.78 is 0. The van der Waals surface area contributed by atoms with Crippen molar-refractivity contribution in [2.24, 2.45) is 0 Å². The summed E-state index contributed by atoms with van der Waals surface area (Å²) in [6, 6.07) is 0. The molecule has 0 bridgehead atoms. The van der Waals surface area contributed by atoms with Crippen molar-refractivity contribution >= 4 is 0 Å². The van der Waals surface area contributed by atoms with E-state index in [1.807, 2.05) is 0 Å². The molecule has 2 saturated heterocycles. The topological polar surface area (TPSA) is 55.2 Å². The minimum atomic E-state index is -0.309. The number of nitrogens with one attached hydrogen (secondary N) is 1. The molecule has 13 heavy (non-hydrogen) atoms. The fourth-order valence-corrected chi connectivity index (χ4v) is 1.53. The predicted molar refractivity (Wildman–Crippen MR) is 39.9 cm³/mol. The second-order valence-corrected chi connectivity index (χ2v) is 2.71. The Balaban J connectivity index is 0. The Bertz CT molecular complexity index is 137. The Morgan fingerprint density at radius 2 is 1.54 bits per heavy atom. The zero-order valence-electron chi connectivity index (χ0n) is 7.56. The van der Waals surface area contributed by atoms with Gasteiger partial charge in [0.25, 0.3) is 0 Å². The SMILES string of the molecule is [NH-]C1[N-]CCN2CC[N-]C12.[Y].[Y].[Y]. The van der Waals surface area contributed by atoms with Crippen molar-refractivity contribution < 1.29 is 98.1 Å². The Morgan fingerprint density at radius 3 is 2.08 bits per heavy atom. The summed E-state index contributed by atoms with van der Waals surface area (Å²) in [5.41, 5.74) is 7.50. The fourth-order valence-electron chi connectivity index (χ4n) is 1.53. The van der Waals surface area contributed by atoms with Gasteiger partial charge in [0.2, 0.25) is 0 Å². The Labute approximate surface area is 155 Å². The van der Waals surface area contributed by atoms with E-state index in [9.17, 15) is 0 Å². The van der Waals surface area contributed by atoms with Gasteiger partial charge in [-0.2, -0.15) is 0 Å². The first-order valence-corrected chi connectivity index (χ1v) is 3.66. The van der Waals surface area contributed by atoms with E-state index in [0.717, 1.165) is 26.2 Å². The third-order valence-electron chi connectivity index (χ3n) is 2.07. The van der Waals surface area contributed by atoms with E-state index in [1.165, 1.54) is 0 Å². The third-order valence-corrected chi connectivity index (χ3v) is 2.07. The second kappa shape index (κ2) is 9.21. The molecule has 2 aliphatic heterocycles. The van der Waals surface area contributed by atoms with Crippen LogP contribution in [0, 0.1) is 0 Å². The van der Waals surface area contributed by atoms with E-state index in [4.69, 9.17) is 5.73 Å². The van der Waals surface area contributed by atoms with Crippen LogP contribution in [-0.4, -0.2) is 43.4 Å². The quantitative estimate of drug-likeness (QED) is 0.587. The van der Waals surface area contributed by atoms with Crippen LogP contribution < -0.4 is 0 Å². The number of nitrogens with zero attached hydrogens (tertiary/aromatic N) is 3. The summed E-state index contributed by atoms with van der Waals surface area (Å²) in [4.78, 5) is 2.24. The summed E-state index contributed by atoms with van der Waals surface area (Å²) in [5, 5.41) is 8.39. The normalized spacial score (nSPS) is 32.1. The van der Waals surface area contributed by atoms with Gasteiger partial charge in [-0.25, -0.2) is 6.17 Å². The van der Waals surface area contributed by atoms with Gasteiger partial charge in [0.05, 0.1) is 0 Å². The molecule has 0 aliphatic carbocycles. The van der Waals surface area contributed by atoms with Gasteiger partial charge in [-0.3, -0.25) is 0 Å². The molecule has 7 heteroatoms. The largest absolute Gasteiger partial charge is 0.693 e. The van der Waals surface area contributed by atoms with Gasteiger partial charge in [-0.05, 0) is 13.1 Å². The summed E-state index contributed by atoms with van der Waals surface area (Å²) in [6.07, 6.45) is -0.218. The average molecular weight is 406 g/mol. The molecule has 4 nitrogen and oxygen atoms in total. The van der Waals surface area contributed by atoms with Crippen molar-refractivity contribution in [1.29, 1.82) is 0 Å². The van der Waals surface area contributed by atoms with Gasteiger partial charge in [0.15, 0.2) is 0 Å². The second-order valence-electron chi connectivity index (χ2n) is 2.71. The van der Waals surface area contributed by atoms with Crippen LogP contribution in [0.3, 0.4) is 0 Å². The van der Waals surface area contributed by atoms with Crippen molar-refractivity contribution in [1.82, 2.24) is 4.90 Å². The summed E-state index contributed by atoms with van der Waals surface area (Å²) in [5.74, 6) is 0. The van der Waals surface area contributed by atoms with E-state index >= 15 is 0 Å². The van der Waals surface area contributed by atoms with Crippen molar-refractivity contribution in [3.8, 4) is 0 Å². The molecule has 2 heterocycles. The van der Waals surface area contributed by atoms with Gasteiger partial charge in [0.1, 0.15) is 0 Å². The first-order chi connectivity index (χ1) is 4.88. The number of fused-ring (bicyclic) bond motifs is 1. The summed E-state index contributed by atoms with van der Waals surface area (Å²) in [6.45, 7) is 3.76. The number of hydrogen-bond donors (Lipinski definition) is 0. The first-order valence-electron chi connectivity index (χ1n) is 3.66. The van der Waals surface area contributed by atoms with Crippen LogP contribution in [-0.2, 0) is 98.1 Å². The van der Waals surface area contributed by atoms with Crippen molar-refractivity contribution in [2.75, 3.05) is 26.2 Å². The molecule has 3 radical (unpaired) electrons. The van der Waals surface area contributed by atoms with Gasteiger partial charge >= 0.3 is 0 Å². The van der Waals surface area contributed by atoms with Gasteiger partial charge in [-0.1, -0.05) is 0 Å². The molecule has 0 aromatic carbocycles. The van der Waals surface area contributed by atoms with Gasteiger partial charge < -0.3 is 21.3 Å². The van der Waals surface area contributed by atoms with Gasteiger partial charge in [0, 0.05) is 98.1 Å². The van der Waals surface area contributed by atoms with Crippen LogP contribution in [0.25, 0.3) is 16.4 Å². The molecule has 0 aromatic rings. The molecule has 2 aliphatic rings. The van der Waals surface area contributed by atoms with E-state index in [0.29, 0.717) is 0 Å². The molecule has 2 atom stereocenters. The molecule has 67 valence electrons. The molecule has 0 aromatic heterocycles. The smallest absolute Gasteiger partial charge is 0 e. The molecule has 2 rings (SSSR count). The van der Waals surface area contributed by atoms with E-state index in [2.05, 4.69) is 15.5 Å². The summed E-state index contributed by atoms with van der Waals surface area (Å²) >= 11 is 0. The van der Waals surface area contributed by atoms with Crippen LogP contribution in [0.15, 0.2) is 0 Å². The molecule has 1 N–H and O–H groups in total. The molecule has 2 fully saturated rings. The average Bonchev–Trinajstić information content (AvgIpc) is 2.36. The van der Waals surface area contributed by atoms with Crippen LogP contribution in [0.1, 0.15) is 0 Å². The number of rotatable bonds is 0. The number of piperazine rings is 1. The maximum atomic E-state index is 7.50. The van der Waals surface area contributed by atoms with Crippen LogP contribution >= 0.6 is 0 Å². The predicted octanol–water partition coefficient (Wildman–Crippen LogP) is 0.760. The maximum absolute atomic E-state index is 7.50. The maximum Gasteiger partial charge on any atom is 0 e. The third kappa shape index (κ3) is 4.89. The minimum absolute atomic E-state index is 0. The molecular formula is C6H11N4Y3-3. The van der Waals surface area contributed by atoms with E-state index in [1.54, 1.807) is 0 Å². The zero-order chi connectivity index (χ0) is 6.97. The van der Waals surface area contributed by atoms with Crippen molar-refractivity contribution in [3.05, 3.63) is 16.4 Å². The number of hydrogen-bond acceptors (Lipinski definition) is 1. The Kier molecular flexibility index (Phi) is 13.1. The molecule has 0 spiro atoms. The Morgan fingerprint density at radius 1 is 1.00 bits per heavy atom. The zero-order valence-corrected chi connectivity index (χ0v) is 16.1. The van der Waals surface area contributed by atoms with Crippen LogP contribution in [0.2, 0.25) is 0 Å². The van der Waals surface area contributed by atoms with Gasteiger partial charge in [-0.15, -0.1) is 19.3 Å². The van der Waals surface area contributed by atoms with Crippen LogP contribution in [0.5, 0.6) is 0 Å². The van der Waals surface area contributed by atoms with Crippen molar-refractivity contribution in [2.45, 2.75) is 12.3 Å².